The van der Waals surface area contributed by atoms with Crippen molar-refractivity contribution < 1.29 is 5.11 Å². The summed E-state index contributed by atoms with van der Waals surface area (Å²) in [7, 11) is 0. The van der Waals surface area contributed by atoms with Crippen molar-refractivity contribution >= 4 is 0 Å². The zero-order valence-corrected chi connectivity index (χ0v) is 9.45. The first-order valence-electron chi connectivity index (χ1n) is 5.99. The molecular formula is C14H20O. The van der Waals surface area contributed by atoms with E-state index in [9.17, 15) is 5.11 Å². The van der Waals surface area contributed by atoms with Gasteiger partial charge in [0.1, 0.15) is 0 Å². The number of hydrogen-bond donors (Lipinski definition) is 1. The molecule has 0 aromatic heterocycles. The van der Waals surface area contributed by atoms with Crippen LogP contribution in [0.2, 0.25) is 0 Å². The van der Waals surface area contributed by atoms with Gasteiger partial charge in [0.25, 0.3) is 0 Å². The summed E-state index contributed by atoms with van der Waals surface area (Å²) in [6.45, 7) is 2.10. The second kappa shape index (κ2) is 4.80. The van der Waals surface area contributed by atoms with Crippen molar-refractivity contribution in [1.82, 2.24) is 0 Å². The van der Waals surface area contributed by atoms with Gasteiger partial charge in [-0.1, -0.05) is 42.7 Å². The molecule has 0 radical (unpaired) electrons. The van der Waals surface area contributed by atoms with Crippen molar-refractivity contribution in [1.29, 1.82) is 0 Å². The summed E-state index contributed by atoms with van der Waals surface area (Å²) in [5, 5.41) is 10.1. The first-order valence-corrected chi connectivity index (χ1v) is 5.99. The minimum Gasteiger partial charge on any atom is -0.392 e. The molecule has 1 heteroatoms. The van der Waals surface area contributed by atoms with Crippen LogP contribution >= 0.6 is 0 Å². The van der Waals surface area contributed by atoms with Crippen LogP contribution in [-0.4, -0.2) is 11.2 Å². The fourth-order valence-electron chi connectivity index (χ4n) is 2.59. The van der Waals surface area contributed by atoms with Crippen LogP contribution in [-0.2, 0) is 6.42 Å². The molecule has 0 heterocycles. The Bertz CT molecular complexity index is 313. The summed E-state index contributed by atoms with van der Waals surface area (Å²) in [5.41, 5.74) is 2.56. The van der Waals surface area contributed by atoms with E-state index in [1.165, 1.54) is 36.8 Å². The van der Waals surface area contributed by atoms with Gasteiger partial charge in [-0.15, -0.1) is 0 Å². The van der Waals surface area contributed by atoms with E-state index in [0.717, 1.165) is 6.42 Å². The van der Waals surface area contributed by atoms with Crippen molar-refractivity contribution in [2.24, 2.45) is 5.92 Å². The van der Waals surface area contributed by atoms with Crippen molar-refractivity contribution in [3.8, 4) is 0 Å². The van der Waals surface area contributed by atoms with Gasteiger partial charge in [0.15, 0.2) is 0 Å². The Kier molecular flexibility index (Phi) is 3.42. The topological polar surface area (TPSA) is 20.2 Å². The van der Waals surface area contributed by atoms with E-state index in [0.29, 0.717) is 5.92 Å². The molecule has 1 aliphatic rings. The normalized spacial score (nSPS) is 19.3. The Morgan fingerprint density at radius 2 is 2.07 bits per heavy atom. The van der Waals surface area contributed by atoms with Gasteiger partial charge in [-0.2, -0.15) is 0 Å². The van der Waals surface area contributed by atoms with Gasteiger partial charge in [0, 0.05) is 0 Å². The molecule has 0 amide bonds. The van der Waals surface area contributed by atoms with Crippen LogP contribution in [0.25, 0.3) is 0 Å². The van der Waals surface area contributed by atoms with Crippen LogP contribution in [0.3, 0.4) is 0 Å². The van der Waals surface area contributed by atoms with Crippen molar-refractivity contribution in [3.05, 3.63) is 35.4 Å². The molecule has 1 saturated carbocycles. The van der Waals surface area contributed by atoms with Gasteiger partial charge in [-0.05, 0) is 37.7 Å². The second-order valence-corrected chi connectivity index (χ2v) is 4.81. The van der Waals surface area contributed by atoms with E-state index in [-0.39, 0.29) is 6.10 Å². The van der Waals surface area contributed by atoms with Gasteiger partial charge in [-0.3, -0.25) is 0 Å². The molecule has 1 atom stereocenters. The second-order valence-electron chi connectivity index (χ2n) is 4.81. The Labute approximate surface area is 92.1 Å². The number of aryl methyl sites for hydroxylation is 1. The summed E-state index contributed by atoms with van der Waals surface area (Å²) in [4.78, 5) is 0. The molecule has 0 spiro atoms. The van der Waals surface area contributed by atoms with E-state index in [1.807, 2.05) is 0 Å². The Hall–Kier alpha value is -0.820. The van der Waals surface area contributed by atoms with Crippen LogP contribution in [0.15, 0.2) is 24.3 Å². The summed E-state index contributed by atoms with van der Waals surface area (Å²) in [6.07, 6.45) is 5.73. The summed E-state index contributed by atoms with van der Waals surface area (Å²) >= 11 is 0. The quantitative estimate of drug-likeness (QED) is 0.802. The lowest BCUT2D eigenvalue weighted by Crippen LogP contribution is -2.20. The van der Waals surface area contributed by atoms with E-state index in [1.54, 1.807) is 0 Å². The lowest BCUT2D eigenvalue weighted by molar-refractivity contribution is 0.111. The zero-order chi connectivity index (χ0) is 10.7. The lowest BCUT2D eigenvalue weighted by Gasteiger charge is -2.17. The van der Waals surface area contributed by atoms with Crippen molar-refractivity contribution in [2.45, 2.75) is 45.1 Å². The first-order chi connectivity index (χ1) is 7.25. The molecule has 1 aromatic carbocycles. The van der Waals surface area contributed by atoms with Gasteiger partial charge in [-0.25, -0.2) is 0 Å². The average molecular weight is 204 g/mol. The molecule has 82 valence electrons. The minimum atomic E-state index is -0.130. The Morgan fingerprint density at radius 1 is 1.33 bits per heavy atom. The predicted molar refractivity (Wildman–Crippen MR) is 62.8 cm³/mol. The number of benzene rings is 1. The third-order valence-corrected chi connectivity index (χ3v) is 3.47. The number of rotatable bonds is 3. The minimum absolute atomic E-state index is 0.130. The van der Waals surface area contributed by atoms with Crippen LogP contribution in [0.5, 0.6) is 0 Å². The van der Waals surface area contributed by atoms with Crippen LogP contribution in [0, 0.1) is 12.8 Å². The highest BCUT2D eigenvalue weighted by Gasteiger charge is 2.22. The van der Waals surface area contributed by atoms with Crippen molar-refractivity contribution in [3.63, 3.8) is 0 Å². The van der Waals surface area contributed by atoms with E-state index >= 15 is 0 Å². The SMILES string of the molecule is Cc1cccc(CC(O)C2CCCC2)c1. The highest BCUT2D eigenvalue weighted by molar-refractivity contribution is 5.22. The maximum absolute atomic E-state index is 10.1. The van der Waals surface area contributed by atoms with Gasteiger partial charge in [0.05, 0.1) is 6.10 Å². The highest BCUT2D eigenvalue weighted by Crippen LogP contribution is 2.29. The third-order valence-electron chi connectivity index (χ3n) is 3.47. The van der Waals surface area contributed by atoms with Crippen LogP contribution < -0.4 is 0 Å². The molecular weight excluding hydrogens is 184 g/mol. The average Bonchev–Trinajstić information content (AvgIpc) is 2.70. The predicted octanol–water partition coefficient (Wildman–Crippen LogP) is 3.09. The number of aliphatic hydroxyl groups excluding tert-OH is 1. The molecule has 2 rings (SSSR count). The zero-order valence-electron chi connectivity index (χ0n) is 9.45. The standard InChI is InChI=1S/C14H20O/c1-11-5-4-6-12(9-11)10-14(15)13-7-2-3-8-13/h4-6,9,13-15H,2-3,7-8,10H2,1H3. The van der Waals surface area contributed by atoms with Crippen molar-refractivity contribution in [2.75, 3.05) is 0 Å². The van der Waals surface area contributed by atoms with E-state index < -0.39 is 0 Å². The maximum Gasteiger partial charge on any atom is 0.0608 e. The fourth-order valence-corrected chi connectivity index (χ4v) is 2.59. The van der Waals surface area contributed by atoms with Gasteiger partial charge in [0.2, 0.25) is 0 Å². The molecule has 1 unspecified atom stereocenters. The molecule has 1 N–H and O–H groups in total. The lowest BCUT2D eigenvalue weighted by atomic mass is 9.94. The van der Waals surface area contributed by atoms with Crippen LogP contribution in [0.1, 0.15) is 36.8 Å². The summed E-state index contributed by atoms with van der Waals surface area (Å²) in [5.74, 6) is 0.547. The summed E-state index contributed by atoms with van der Waals surface area (Å²) < 4.78 is 0. The molecule has 1 nitrogen and oxygen atoms in total. The highest BCUT2D eigenvalue weighted by atomic mass is 16.3. The number of hydrogen-bond acceptors (Lipinski definition) is 1. The largest absolute Gasteiger partial charge is 0.392 e. The van der Waals surface area contributed by atoms with Gasteiger partial charge >= 0.3 is 0 Å². The molecule has 1 fully saturated rings. The first kappa shape index (κ1) is 10.7. The monoisotopic (exact) mass is 204 g/mol. The molecule has 1 aliphatic carbocycles. The maximum atomic E-state index is 10.1. The Morgan fingerprint density at radius 3 is 2.73 bits per heavy atom. The van der Waals surface area contributed by atoms with E-state index in [4.69, 9.17) is 0 Å². The van der Waals surface area contributed by atoms with E-state index in [2.05, 4.69) is 31.2 Å². The Balaban J connectivity index is 1.95. The molecule has 15 heavy (non-hydrogen) atoms. The number of aliphatic hydroxyl groups is 1. The third kappa shape index (κ3) is 2.82. The summed E-state index contributed by atoms with van der Waals surface area (Å²) in [6, 6.07) is 8.47. The molecule has 0 aliphatic heterocycles. The smallest absolute Gasteiger partial charge is 0.0608 e. The molecule has 0 saturated heterocycles. The molecule has 1 aromatic rings. The fraction of sp³-hybridized carbons (Fsp3) is 0.571. The van der Waals surface area contributed by atoms with Gasteiger partial charge < -0.3 is 5.11 Å². The van der Waals surface area contributed by atoms with Crippen LogP contribution in [0.4, 0.5) is 0 Å². The molecule has 0 bridgehead atoms.